The fourth-order valence-corrected chi connectivity index (χ4v) is 6.52. The van der Waals surface area contributed by atoms with E-state index in [0.29, 0.717) is 0 Å². The van der Waals surface area contributed by atoms with Gasteiger partial charge in [-0.3, -0.25) is 0 Å². The van der Waals surface area contributed by atoms with Gasteiger partial charge < -0.3 is 14.2 Å². The number of hydrogen-bond acceptors (Lipinski definition) is 3. The predicted octanol–water partition coefficient (Wildman–Crippen LogP) is 3.36. The van der Waals surface area contributed by atoms with Gasteiger partial charge in [0.25, 0.3) is 0 Å². The lowest BCUT2D eigenvalue weighted by atomic mass is 9.98. The molecular weight excluding hydrogens is 235 g/mol. The Morgan fingerprint density at radius 3 is 1.67 bits per heavy atom. The van der Waals surface area contributed by atoms with Gasteiger partial charge in [-0.2, -0.15) is 0 Å². The number of rotatable bonds is 0. The Bertz CT molecular complexity index is 291. The monoisotopic (exact) mass is 250 g/mol. The lowest BCUT2D eigenvalue weighted by molar-refractivity contribution is -0.467. The number of halogens is 1. The lowest BCUT2D eigenvalue weighted by Crippen LogP contribution is -2.70. The Morgan fingerprint density at radius 1 is 0.867 bits per heavy atom. The largest absolute Gasteiger partial charge is 0.338 e. The van der Waals surface area contributed by atoms with Crippen molar-refractivity contribution in [3.8, 4) is 0 Å². The van der Waals surface area contributed by atoms with E-state index in [0.717, 1.165) is 12.8 Å². The molecule has 5 heteroatoms. The second kappa shape index (κ2) is 2.54. The van der Waals surface area contributed by atoms with Crippen molar-refractivity contribution in [1.29, 1.82) is 0 Å². The van der Waals surface area contributed by atoms with Gasteiger partial charge in [0.1, 0.15) is 10.7 Å². The van der Waals surface area contributed by atoms with Crippen LogP contribution in [0.2, 0.25) is 0 Å². The van der Waals surface area contributed by atoms with Crippen LogP contribution in [0, 0.1) is 0 Å². The van der Waals surface area contributed by atoms with E-state index in [9.17, 15) is 0 Å². The highest BCUT2D eigenvalue weighted by Gasteiger charge is 2.70. The van der Waals surface area contributed by atoms with Crippen molar-refractivity contribution in [3.05, 3.63) is 0 Å². The highest BCUT2D eigenvalue weighted by atomic mass is 35.7. The van der Waals surface area contributed by atoms with Crippen LogP contribution in [0.25, 0.3) is 0 Å². The third-order valence-corrected chi connectivity index (χ3v) is 7.74. The van der Waals surface area contributed by atoms with Crippen LogP contribution in [0.5, 0.6) is 0 Å². The highest BCUT2D eigenvalue weighted by molar-refractivity contribution is 7.86. The molecule has 0 aliphatic carbocycles. The third-order valence-electron chi connectivity index (χ3n) is 3.43. The van der Waals surface area contributed by atoms with Crippen molar-refractivity contribution >= 4 is 18.5 Å². The second-order valence-corrected chi connectivity index (χ2v) is 9.03. The maximum Gasteiger partial charge on any atom is 0.173 e. The molecule has 15 heavy (non-hydrogen) atoms. The van der Waals surface area contributed by atoms with Crippen LogP contribution in [0.4, 0.5) is 0 Å². The summed E-state index contributed by atoms with van der Waals surface area (Å²) in [5.41, 5.74) is 0. The van der Waals surface area contributed by atoms with Crippen molar-refractivity contribution in [2.24, 2.45) is 0 Å². The normalized spacial score (nSPS) is 67.4. The summed E-state index contributed by atoms with van der Waals surface area (Å²) in [6.07, 6.45) is 1.45. The molecular formula is C10H16ClO3P. The van der Waals surface area contributed by atoms with E-state index < -0.39 is 18.8 Å². The Morgan fingerprint density at radius 2 is 1.27 bits per heavy atom. The smallest absolute Gasteiger partial charge is 0.173 e. The summed E-state index contributed by atoms with van der Waals surface area (Å²) in [5, 5.41) is -0.548. The van der Waals surface area contributed by atoms with Gasteiger partial charge in [-0.25, -0.2) is 0 Å². The molecule has 4 saturated heterocycles. The predicted molar refractivity (Wildman–Crippen MR) is 58.9 cm³/mol. The fraction of sp³-hybridized carbons (Fsp3) is 1.00. The number of hydrogen-bond donors (Lipinski definition) is 0. The zero-order valence-electron chi connectivity index (χ0n) is 9.46. The van der Waals surface area contributed by atoms with E-state index in [1.165, 1.54) is 0 Å². The van der Waals surface area contributed by atoms with Crippen molar-refractivity contribution in [2.45, 2.75) is 62.8 Å². The summed E-state index contributed by atoms with van der Waals surface area (Å²) < 4.78 is 18.0. The van der Waals surface area contributed by atoms with Gasteiger partial charge in [-0.1, -0.05) is 11.2 Å². The minimum atomic E-state index is -0.806. The summed E-state index contributed by atoms with van der Waals surface area (Å²) in [7, 11) is -0.806. The first-order valence-corrected chi connectivity index (χ1v) is 7.50. The molecule has 86 valence electrons. The zero-order valence-corrected chi connectivity index (χ0v) is 11.1. The molecule has 4 aliphatic rings. The molecule has 0 spiro atoms. The van der Waals surface area contributed by atoms with E-state index in [2.05, 4.69) is 13.8 Å². The van der Waals surface area contributed by atoms with Crippen molar-refractivity contribution in [2.75, 3.05) is 0 Å². The standard InChI is InChI=1S/C10H16ClO3P/c1-7-5-9(3)14-8(2,12-7)6-10(4,13-7)15(9)11/h5-6H2,1-4H3/t7-,8-,9+,10+/m0/s1. The first kappa shape index (κ1) is 10.7. The maximum atomic E-state index is 6.54. The Hall–Kier alpha value is 0.600. The van der Waals surface area contributed by atoms with Crippen molar-refractivity contribution in [1.82, 2.24) is 0 Å². The molecule has 4 bridgehead atoms. The van der Waals surface area contributed by atoms with Crippen LogP contribution in [0.1, 0.15) is 40.5 Å². The van der Waals surface area contributed by atoms with Gasteiger partial charge in [0, 0.05) is 12.8 Å². The molecule has 4 heterocycles. The Labute approximate surface area is 95.9 Å². The average Bonchev–Trinajstić information content (AvgIpc) is 1.93. The SMILES string of the molecule is C[C@@]12C[C@]3(C)O[C@@](C)(C[C@](C)(O1)P3Cl)O2. The lowest BCUT2D eigenvalue weighted by Gasteiger charge is -2.68. The minimum absolute atomic E-state index is 0.274. The van der Waals surface area contributed by atoms with E-state index >= 15 is 0 Å². The molecule has 0 aromatic rings. The first-order chi connectivity index (χ1) is 6.69. The average molecular weight is 251 g/mol. The molecule has 4 fully saturated rings. The zero-order chi connectivity index (χ0) is 11.1. The van der Waals surface area contributed by atoms with Gasteiger partial charge in [0.15, 0.2) is 11.6 Å². The van der Waals surface area contributed by atoms with Crippen LogP contribution in [-0.4, -0.2) is 22.3 Å². The van der Waals surface area contributed by atoms with Gasteiger partial charge in [-0.15, -0.1) is 0 Å². The molecule has 4 rings (SSSR count). The van der Waals surface area contributed by atoms with Gasteiger partial charge in [-0.05, 0) is 27.7 Å². The summed E-state index contributed by atoms with van der Waals surface area (Å²) in [6.45, 7) is 8.15. The Balaban J connectivity index is 2.12. The first-order valence-electron chi connectivity index (χ1n) is 5.26. The van der Waals surface area contributed by atoms with E-state index in [1.807, 2.05) is 13.8 Å². The number of ether oxygens (including phenoxy) is 3. The van der Waals surface area contributed by atoms with Crippen molar-refractivity contribution in [3.63, 3.8) is 0 Å². The molecule has 0 amide bonds. The highest BCUT2D eigenvalue weighted by Crippen LogP contribution is 2.78. The van der Waals surface area contributed by atoms with Gasteiger partial charge >= 0.3 is 0 Å². The summed E-state index contributed by atoms with van der Waals surface area (Å²) in [4.78, 5) is 0. The molecule has 0 N–H and O–H groups in total. The van der Waals surface area contributed by atoms with Gasteiger partial charge in [0.05, 0.1) is 7.27 Å². The molecule has 0 saturated carbocycles. The van der Waals surface area contributed by atoms with Crippen molar-refractivity contribution < 1.29 is 14.2 Å². The van der Waals surface area contributed by atoms with Crippen LogP contribution in [0.3, 0.4) is 0 Å². The second-order valence-electron chi connectivity index (χ2n) is 5.56. The van der Waals surface area contributed by atoms with Crippen LogP contribution >= 0.6 is 18.5 Å². The molecule has 4 aliphatic heterocycles. The van der Waals surface area contributed by atoms with Gasteiger partial charge in [0.2, 0.25) is 0 Å². The maximum absolute atomic E-state index is 6.54. The van der Waals surface area contributed by atoms with E-state index in [-0.39, 0.29) is 10.7 Å². The summed E-state index contributed by atoms with van der Waals surface area (Å²) >= 11 is 6.54. The molecule has 4 atom stereocenters. The summed E-state index contributed by atoms with van der Waals surface area (Å²) in [6, 6.07) is 0. The minimum Gasteiger partial charge on any atom is -0.338 e. The fourth-order valence-electron chi connectivity index (χ4n) is 3.56. The molecule has 0 aromatic carbocycles. The topological polar surface area (TPSA) is 27.7 Å². The molecule has 3 nitrogen and oxygen atoms in total. The van der Waals surface area contributed by atoms with Crippen LogP contribution < -0.4 is 0 Å². The Kier molecular flexibility index (Phi) is 1.82. The molecule has 0 radical (unpaired) electrons. The third kappa shape index (κ3) is 1.28. The molecule has 0 aromatic heterocycles. The van der Waals surface area contributed by atoms with E-state index in [4.69, 9.17) is 25.5 Å². The van der Waals surface area contributed by atoms with Crippen LogP contribution in [0.15, 0.2) is 0 Å². The quantitative estimate of drug-likeness (QED) is 0.617. The molecule has 0 unspecified atom stereocenters. The van der Waals surface area contributed by atoms with E-state index in [1.54, 1.807) is 0 Å². The van der Waals surface area contributed by atoms with Crippen LogP contribution in [-0.2, 0) is 14.2 Å². The summed E-state index contributed by atoms with van der Waals surface area (Å²) in [5.74, 6) is -1.05.